The first kappa shape index (κ1) is 23.6. The summed E-state index contributed by atoms with van der Waals surface area (Å²) in [6, 6.07) is 22.2. The van der Waals surface area contributed by atoms with Crippen LogP contribution in [0.2, 0.25) is 0 Å². The Hall–Kier alpha value is -3.75. The van der Waals surface area contributed by atoms with Crippen LogP contribution in [0, 0.1) is 11.8 Å². The first-order chi connectivity index (χ1) is 18.0. The van der Waals surface area contributed by atoms with E-state index >= 15 is 0 Å². The van der Waals surface area contributed by atoms with Crippen molar-refractivity contribution in [2.75, 3.05) is 18.5 Å². The fourth-order valence-corrected chi connectivity index (χ4v) is 6.48. The molecule has 3 aromatic carbocycles. The molecule has 0 saturated carbocycles. The molecule has 0 aromatic heterocycles. The number of fused-ring (bicyclic) bond motifs is 2. The zero-order chi connectivity index (χ0) is 25.6. The van der Waals surface area contributed by atoms with Crippen molar-refractivity contribution < 1.29 is 24.2 Å². The third-order valence-corrected chi connectivity index (χ3v) is 8.02. The molecule has 3 heterocycles. The van der Waals surface area contributed by atoms with E-state index in [0.29, 0.717) is 25.1 Å². The van der Waals surface area contributed by atoms with Crippen molar-refractivity contribution in [1.82, 2.24) is 10.2 Å². The standard InChI is InChI=1S/C29H29N3O5/c33-15-14-32-25(27(35)31-21-11-10-19-8-4-5-9-20(19)16-21)29-13-12-22(37-29)23(24(29)28(32)36)26(34)30-17-18-6-2-1-3-7-18/h1-11,16,22-25,33H,12-15,17H2,(H,30,34)(H,31,35)/t22-,23+,24-,25?,29?/m0/s1. The summed E-state index contributed by atoms with van der Waals surface area (Å²) in [6.45, 7) is 0.0604. The number of amides is 3. The van der Waals surface area contributed by atoms with Gasteiger partial charge >= 0.3 is 0 Å². The van der Waals surface area contributed by atoms with Crippen molar-refractivity contribution in [3.05, 3.63) is 78.4 Å². The van der Waals surface area contributed by atoms with Crippen LogP contribution < -0.4 is 10.6 Å². The van der Waals surface area contributed by atoms with Gasteiger partial charge in [-0.05, 0) is 41.3 Å². The Morgan fingerprint density at radius 2 is 1.76 bits per heavy atom. The first-order valence-corrected chi connectivity index (χ1v) is 12.7. The number of nitrogens with one attached hydrogen (secondary N) is 2. The maximum Gasteiger partial charge on any atom is 0.250 e. The molecule has 5 atom stereocenters. The molecule has 3 aliphatic rings. The average Bonchev–Trinajstić information content (AvgIpc) is 3.55. The largest absolute Gasteiger partial charge is 0.395 e. The molecule has 3 amide bonds. The van der Waals surface area contributed by atoms with Crippen LogP contribution in [-0.2, 0) is 25.7 Å². The number of ether oxygens (including phenoxy) is 1. The minimum Gasteiger partial charge on any atom is -0.395 e. The fraction of sp³-hybridized carbons (Fsp3) is 0.345. The summed E-state index contributed by atoms with van der Waals surface area (Å²) < 4.78 is 6.39. The van der Waals surface area contributed by atoms with E-state index in [1.165, 1.54) is 4.90 Å². The number of hydrogen-bond acceptors (Lipinski definition) is 5. The van der Waals surface area contributed by atoms with Gasteiger partial charge < -0.3 is 25.4 Å². The van der Waals surface area contributed by atoms with Gasteiger partial charge in [0.1, 0.15) is 11.6 Å². The maximum absolute atomic E-state index is 13.7. The zero-order valence-electron chi connectivity index (χ0n) is 20.3. The van der Waals surface area contributed by atoms with Gasteiger partial charge in [0, 0.05) is 18.8 Å². The smallest absolute Gasteiger partial charge is 0.250 e. The van der Waals surface area contributed by atoms with Gasteiger partial charge in [-0.25, -0.2) is 0 Å². The summed E-state index contributed by atoms with van der Waals surface area (Å²) in [5, 5.41) is 17.7. The number of hydrogen-bond donors (Lipinski definition) is 3. The number of nitrogens with zero attached hydrogens (tertiary/aromatic N) is 1. The average molecular weight is 500 g/mol. The molecule has 3 N–H and O–H groups in total. The molecule has 190 valence electrons. The molecular formula is C29H29N3O5. The summed E-state index contributed by atoms with van der Waals surface area (Å²) in [5.74, 6) is -2.36. The van der Waals surface area contributed by atoms with E-state index in [0.717, 1.165) is 16.3 Å². The minimum atomic E-state index is -1.09. The van der Waals surface area contributed by atoms with Crippen LogP contribution in [0.15, 0.2) is 72.8 Å². The van der Waals surface area contributed by atoms with Crippen LogP contribution in [-0.4, -0.2) is 58.6 Å². The third-order valence-electron chi connectivity index (χ3n) is 8.02. The van der Waals surface area contributed by atoms with Crippen LogP contribution in [0.3, 0.4) is 0 Å². The molecule has 2 unspecified atom stereocenters. The summed E-state index contributed by atoms with van der Waals surface area (Å²) in [5.41, 5.74) is 0.485. The SMILES string of the molecule is O=C(Nc1ccc2ccccc2c1)C1N(CCO)C(=O)[C@@H]2[C@H](C(=O)NCc3ccccc3)[C@@H]3CCC12O3. The van der Waals surface area contributed by atoms with Crippen molar-refractivity contribution in [3.8, 4) is 0 Å². The molecule has 8 heteroatoms. The van der Waals surface area contributed by atoms with Crippen LogP contribution in [0.1, 0.15) is 18.4 Å². The lowest BCUT2D eigenvalue weighted by atomic mass is 9.70. The Balaban J connectivity index is 1.27. The maximum atomic E-state index is 13.7. The summed E-state index contributed by atoms with van der Waals surface area (Å²) in [6.07, 6.45) is 0.686. The molecule has 0 radical (unpaired) electrons. The van der Waals surface area contributed by atoms with Crippen molar-refractivity contribution >= 4 is 34.2 Å². The minimum absolute atomic E-state index is 0.000723. The van der Waals surface area contributed by atoms with Gasteiger partial charge in [-0.1, -0.05) is 60.7 Å². The van der Waals surface area contributed by atoms with Crippen LogP contribution in [0.25, 0.3) is 10.8 Å². The number of anilines is 1. The van der Waals surface area contributed by atoms with Gasteiger partial charge in [0.25, 0.3) is 0 Å². The second-order valence-corrected chi connectivity index (χ2v) is 10.1. The summed E-state index contributed by atoms with van der Waals surface area (Å²) in [7, 11) is 0. The van der Waals surface area contributed by atoms with E-state index in [2.05, 4.69) is 10.6 Å². The molecule has 2 bridgehead atoms. The molecule has 37 heavy (non-hydrogen) atoms. The highest BCUT2D eigenvalue weighted by Crippen LogP contribution is 2.58. The molecule has 3 aliphatic heterocycles. The Morgan fingerprint density at radius 1 is 1.00 bits per heavy atom. The van der Waals surface area contributed by atoms with Gasteiger partial charge in [-0.3, -0.25) is 14.4 Å². The van der Waals surface area contributed by atoms with Crippen LogP contribution in [0.4, 0.5) is 5.69 Å². The van der Waals surface area contributed by atoms with E-state index in [1.807, 2.05) is 72.8 Å². The van der Waals surface area contributed by atoms with E-state index in [9.17, 15) is 19.5 Å². The van der Waals surface area contributed by atoms with Gasteiger partial charge in [0.2, 0.25) is 17.7 Å². The molecule has 0 aliphatic carbocycles. The lowest BCUT2D eigenvalue weighted by Gasteiger charge is -2.33. The summed E-state index contributed by atoms with van der Waals surface area (Å²) >= 11 is 0. The van der Waals surface area contributed by atoms with Crippen molar-refractivity contribution in [3.63, 3.8) is 0 Å². The van der Waals surface area contributed by atoms with Gasteiger partial charge in [-0.15, -0.1) is 0 Å². The van der Waals surface area contributed by atoms with E-state index < -0.39 is 29.6 Å². The second kappa shape index (κ2) is 9.28. The molecule has 8 nitrogen and oxygen atoms in total. The number of rotatable bonds is 7. The lowest BCUT2D eigenvalue weighted by molar-refractivity contribution is -0.141. The number of aliphatic hydroxyl groups is 1. The van der Waals surface area contributed by atoms with E-state index in [1.54, 1.807) is 0 Å². The highest BCUT2D eigenvalue weighted by atomic mass is 16.5. The van der Waals surface area contributed by atoms with Gasteiger partial charge in [-0.2, -0.15) is 0 Å². The molecule has 6 rings (SSSR count). The Kier molecular flexibility index (Phi) is 5.93. The van der Waals surface area contributed by atoms with Gasteiger partial charge in [0.15, 0.2) is 0 Å². The van der Waals surface area contributed by atoms with E-state index in [4.69, 9.17) is 4.74 Å². The molecular weight excluding hydrogens is 470 g/mol. The predicted molar refractivity (Wildman–Crippen MR) is 137 cm³/mol. The number of carbonyl (C=O) groups is 3. The fourth-order valence-electron chi connectivity index (χ4n) is 6.48. The lowest BCUT2D eigenvalue weighted by Crippen LogP contribution is -2.53. The number of β-amino-alcohol motifs (C(OH)–C–C–N with tert-alkyl or cyclic N) is 1. The topological polar surface area (TPSA) is 108 Å². The molecule has 3 fully saturated rings. The Bertz CT molecular complexity index is 1360. The second-order valence-electron chi connectivity index (χ2n) is 10.1. The Labute approximate surface area is 214 Å². The third kappa shape index (κ3) is 3.88. The monoisotopic (exact) mass is 499 g/mol. The highest BCUT2D eigenvalue weighted by molar-refractivity contribution is 6.04. The quantitative estimate of drug-likeness (QED) is 0.463. The Morgan fingerprint density at radius 3 is 2.54 bits per heavy atom. The molecule has 3 aromatic rings. The van der Waals surface area contributed by atoms with Crippen molar-refractivity contribution in [1.29, 1.82) is 0 Å². The zero-order valence-corrected chi connectivity index (χ0v) is 20.3. The predicted octanol–water partition coefficient (Wildman–Crippen LogP) is 2.46. The van der Waals surface area contributed by atoms with Gasteiger partial charge in [0.05, 0.1) is 24.5 Å². The normalized spacial score (nSPS) is 27.9. The summed E-state index contributed by atoms with van der Waals surface area (Å²) in [4.78, 5) is 42.1. The first-order valence-electron chi connectivity index (χ1n) is 12.7. The molecule has 1 spiro atoms. The van der Waals surface area contributed by atoms with Crippen molar-refractivity contribution in [2.24, 2.45) is 11.8 Å². The van der Waals surface area contributed by atoms with E-state index in [-0.39, 0.29) is 30.9 Å². The highest BCUT2D eigenvalue weighted by Gasteiger charge is 2.74. The van der Waals surface area contributed by atoms with Crippen LogP contribution in [0.5, 0.6) is 0 Å². The number of benzene rings is 3. The van der Waals surface area contributed by atoms with Crippen LogP contribution >= 0.6 is 0 Å². The molecule has 3 saturated heterocycles. The number of likely N-dealkylation sites (tertiary alicyclic amines) is 1. The number of carbonyl (C=O) groups excluding carboxylic acids is 3. The number of aliphatic hydroxyl groups excluding tert-OH is 1. The van der Waals surface area contributed by atoms with Crippen molar-refractivity contribution in [2.45, 2.75) is 37.1 Å².